The van der Waals surface area contributed by atoms with Crippen LogP contribution in [0.5, 0.6) is 5.75 Å². The molecule has 0 bridgehead atoms. The average Bonchev–Trinajstić information content (AvgIpc) is 3.36. The van der Waals surface area contributed by atoms with Gasteiger partial charge in [0.1, 0.15) is 25.0 Å². The predicted octanol–water partition coefficient (Wildman–Crippen LogP) is 2.99. The minimum atomic E-state index is -0.114. The predicted molar refractivity (Wildman–Crippen MR) is 116 cm³/mol. The van der Waals surface area contributed by atoms with Crippen LogP contribution in [-0.2, 0) is 9.59 Å². The third kappa shape index (κ3) is 4.42. The molecular formula is C23H25N5O3. The number of amides is 2. The van der Waals surface area contributed by atoms with E-state index in [-0.39, 0.29) is 30.7 Å². The Balaban J connectivity index is 1.35. The molecule has 2 aromatic carbocycles. The van der Waals surface area contributed by atoms with Crippen molar-refractivity contribution in [2.24, 2.45) is 0 Å². The van der Waals surface area contributed by atoms with Gasteiger partial charge in [-0.25, -0.2) is 9.67 Å². The highest BCUT2D eigenvalue weighted by Gasteiger charge is 2.25. The Labute approximate surface area is 181 Å². The molecule has 160 valence electrons. The summed E-state index contributed by atoms with van der Waals surface area (Å²) in [6, 6.07) is 15.2. The number of benzene rings is 2. The molecule has 0 radical (unpaired) electrons. The molecule has 0 fully saturated rings. The lowest BCUT2D eigenvalue weighted by molar-refractivity contribution is -0.133. The van der Waals surface area contributed by atoms with Gasteiger partial charge >= 0.3 is 0 Å². The number of hydrogen-bond donors (Lipinski definition) is 0. The zero-order valence-corrected chi connectivity index (χ0v) is 17.6. The van der Waals surface area contributed by atoms with Gasteiger partial charge in [-0.15, -0.1) is 0 Å². The van der Waals surface area contributed by atoms with Gasteiger partial charge in [0, 0.05) is 19.9 Å². The third-order valence-electron chi connectivity index (χ3n) is 5.62. The largest absolute Gasteiger partial charge is 0.490 e. The van der Waals surface area contributed by atoms with Crippen LogP contribution in [0.4, 0.5) is 5.69 Å². The first-order valence-electron chi connectivity index (χ1n) is 10.3. The molecule has 31 heavy (non-hydrogen) atoms. The van der Waals surface area contributed by atoms with E-state index in [9.17, 15) is 9.59 Å². The third-order valence-corrected chi connectivity index (χ3v) is 5.62. The van der Waals surface area contributed by atoms with Crippen LogP contribution in [0.3, 0.4) is 0 Å². The van der Waals surface area contributed by atoms with E-state index in [2.05, 4.69) is 10.1 Å². The van der Waals surface area contributed by atoms with Crippen LogP contribution in [0.1, 0.15) is 31.4 Å². The van der Waals surface area contributed by atoms with Crippen LogP contribution in [0.15, 0.2) is 61.2 Å². The van der Waals surface area contributed by atoms with Crippen molar-refractivity contribution in [2.75, 3.05) is 25.1 Å². The number of carbonyl (C=O) groups is 2. The van der Waals surface area contributed by atoms with Gasteiger partial charge in [0.15, 0.2) is 0 Å². The van der Waals surface area contributed by atoms with Crippen molar-refractivity contribution in [1.82, 2.24) is 19.7 Å². The number of hydrogen-bond acceptors (Lipinski definition) is 5. The molecule has 2 amide bonds. The van der Waals surface area contributed by atoms with E-state index >= 15 is 0 Å². The van der Waals surface area contributed by atoms with Gasteiger partial charge < -0.3 is 14.5 Å². The van der Waals surface area contributed by atoms with Gasteiger partial charge in [-0.3, -0.25) is 9.59 Å². The van der Waals surface area contributed by atoms with Gasteiger partial charge in [-0.2, -0.15) is 5.10 Å². The first-order valence-corrected chi connectivity index (χ1v) is 10.3. The molecule has 0 saturated carbocycles. The fourth-order valence-electron chi connectivity index (χ4n) is 3.64. The molecule has 0 saturated heterocycles. The van der Waals surface area contributed by atoms with Crippen molar-refractivity contribution in [3.8, 4) is 11.4 Å². The van der Waals surface area contributed by atoms with Crippen LogP contribution < -0.4 is 9.64 Å². The lowest BCUT2D eigenvalue weighted by atomic mass is 10.1. The molecule has 3 aromatic rings. The van der Waals surface area contributed by atoms with Crippen LogP contribution >= 0.6 is 0 Å². The maximum absolute atomic E-state index is 12.8. The van der Waals surface area contributed by atoms with Crippen molar-refractivity contribution in [1.29, 1.82) is 0 Å². The van der Waals surface area contributed by atoms with E-state index in [0.717, 1.165) is 16.9 Å². The summed E-state index contributed by atoms with van der Waals surface area (Å²) in [6.45, 7) is 2.93. The maximum atomic E-state index is 12.8. The van der Waals surface area contributed by atoms with Crippen LogP contribution in [0.25, 0.3) is 5.69 Å². The van der Waals surface area contributed by atoms with E-state index in [1.807, 2.05) is 55.5 Å². The Morgan fingerprint density at radius 1 is 1.13 bits per heavy atom. The fourth-order valence-corrected chi connectivity index (χ4v) is 3.64. The topological polar surface area (TPSA) is 80.6 Å². The van der Waals surface area contributed by atoms with Gasteiger partial charge in [0.25, 0.3) is 0 Å². The number of rotatable bonds is 6. The van der Waals surface area contributed by atoms with E-state index < -0.39 is 0 Å². The standard InChI is InChI=1S/C23H25N5O3/c1-17(18-7-9-19(10-8-18)28-16-24-15-25-28)26(2)22(29)11-12-23(30)27-13-14-31-21-6-4-3-5-20(21)27/h3-10,15-17H,11-14H2,1-2H3. The summed E-state index contributed by atoms with van der Waals surface area (Å²) in [7, 11) is 1.77. The lowest BCUT2D eigenvalue weighted by Crippen LogP contribution is -2.38. The number of ether oxygens (including phenoxy) is 1. The summed E-state index contributed by atoms with van der Waals surface area (Å²) in [5.74, 6) is 0.568. The van der Waals surface area contributed by atoms with E-state index in [1.54, 1.807) is 27.9 Å². The summed E-state index contributed by atoms with van der Waals surface area (Å²) in [4.78, 5) is 32.9. The molecule has 1 aliphatic rings. The SMILES string of the molecule is CC(c1ccc(-n2cncn2)cc1)N(C)C(=O)CCC(=O)N1CCOc2ccccc21. The van der Waals surface area contributed by atoms with Crippen molar-refractivity contribution in [3.63, 3.8) is 0 Å². The van der Waals surface area contributed by atoms with Crippen LogP contribution in [0.2, 0.25) is 0 Å². The van der Waals surface area contributed by atoms with Gasteiger partial charge in [0.05, 0.1) is 24.0 Å². The molecule has 1 atom stereocenters. The van der Waals surface area contributed by atoms with Crippen molar-refractivity contribution in [3.05, 3.63) is 66.7 Å². The Kier molecular flexibility index (Phi) is 5.97. The Hall–Kier alpha value is -3.68. The number of nitrogens with zero attached hydrogens (tertiary/aromatic N) is 5. The monoisotopic (exact) mass is 419 g/mol. The molecule has 4 rings (SSSR count). The smallest absolute Gasteiger partial charge is 0.227 e. The summed E-state index contributed by atoms with van der Waals surface area (Å²) in [6.07, 6.45) is 3.45. The average molecular weight is 419 g/mol. The lowest BCUT2D eigenvalue weighted by Gasteiger charge is -2.30. The Morgan fingerprint density at radius 3 is 2.65 bits per heavy atom. The second-order valence-electron chi connectivity index (χ2n) is 7.47. The number of aromatic nitrogens is 3. The summed E-state index contributed by atoms with van der Waals surface area (Å²) < 4.78 is 7.28. The summed E-state index contributed by atoms with van der Waals surface area (Å²) >= 11 is 0. The zero-order valence-electron chi connectivity index (χ0n) is 17.6. The second-order valence-corrected chi connectivity index (χ2v) is 7.47. The summed E-state index contributed by atoms with van der Waals surface area (Å²) in [5, 5.41) is 4.12. The normalized spacial score (nSPS) is 13.8. The minimum Gasteiger partial charge on any atom is -0.490 e. The van der Waals surface area contributed by atoms with E-state index in [1.165, 1.54) is 6.33 Å². The van der Waals surface area contributed by atoms with Crippen LogP contribution in [0, 0.1) is 0 Å². The quantitative estimate of drug-likeness (QED) is 0.614. The van der Waals surface area contributed by atoms with Crippen LogP contribution in [-0.4, -0.2) is 51.7 Å². The molecule has 0 aliphatic carbocycles. The van der Waals surface area contributed by atoms with E-state index in [4.69, 9.17) is 4.74 Å². The maximum Gasteiger partial charge on any atom is 0.227 e. The zero-order chi connectivity index (χ0) is 21.8. The first-order chi connectivity index (χ1) is 15.0. The number of carbonyl (C=O) groups excluding carboxylic acids is 2. The van der Waals surface area contributed by atoms with Gasteiger partial charge in [-0.1, -0.05) is 24.3 Å². The molecular weight excluding hydrogens is 394 g/mol. The number of anilines is 1. The number of para-hydroxylation sites is 2. The molecule has 1 aromatic heterocycles. The molecule has 2 heterocycles. The number of fused-ring (bicyclic) bond motifs is 1. The molecule has 8 nitrogen and oxygen atoms in total. The fraction of sp³-hybridized carbons (Fsp3) is 0.304. The first kappa shape index (κ1) is 20.6. The molecule has 1 unspecified atom stereocenters. The highest BCUT2D eigenvalue weighted by Crippen LogP contribution is 2.31. The van der Waals surface area contributed by atoms with E-state index in [0.29, 0.717) is 18.9 Å². The molecule has 0 N–H and O–H groups in total. The molecule has 1 aliphatic heterocycles. The van der Waals surface area contributed by atoms with Crippen molar-refractivity contribution >= 4 is 17.5 Å². The van der Waals surface area contributed by atoms with Crippen molar-refractivity contribution in [2.45, 2.75) is 25.8 Å². The van der Waals surface area contributed by atoms with Gasteiger partial charge in [0.2, 0.25) is 11.8 Å². The summed E-state index contributed by atoms with van der Waals surface area (Å²) in [5.41, 5.74) is 2.67. The Bertz CT molecular complexity index is 1050. The van der Waals surface area contributed by atoms with Crippen molar-refractivity contribution < 1.29 is 14.3 Å². The molecule has 0 spiro atoms. The highest BCUT2D eigenvalue weighted by atomic mass is 16.5. The highest BCUT2D eigenvalue weighted by molar-refractivity contribution is 5.97. The Morgan fingerprint density at radius 2 is 1.90 bits per heavy atom. The molecule has 8 heteroatoms. The van der Waals surface area contributed by atoms with Gasteiger partial charge in [-0.05, 0) is 36.8 Å². The minimum absolute atomic E-state index is 0.0669. The second kappa shape index (κ2) is 8.99.